The summed E-state index contributed by atoms with van der Waals surface area (Å²) in [4.78, 5) is 0. The molecule has 0 heterocycles. The fourth-order valence-electron chi connectivity index (χ4n) is 1.49. The molecule has 72 valence electrons. The highest BCUT2D eigenvalue weighted by Crippen LogP contribution is 2.38. The third kappa shape index (κ3) is 1.14. The first-order valence-electron chi connectivity index (χ1n) is 4.21. The van der Waals surface area contributed by atoms with Crippen molar-refractivity contribution >= 4 is 10.8 Å². The molecule has 0 spiro atoms. The lowest BCUT2D eigenvalue weighted by molar-refractivity contribution is 0.375. The van der Waals surface area contributed by atoms with E-state index in [0.29, 0.717) is 11.1 Å². The van der Waals surface area contributed by atoms with Crippen LogP contribution < -0.4 is 4.74 Å². The van der Waals surface area contributed by atoms with E-state index < -0.39 is 0 Å². The van der Waals surface area contributed by atoms with E-state index in [1.165, 1.54) is 13.2 Å². The molecule has 0 saturated carbocycles. The number of benzene rings is 2. The van der Waals surface area contributed by atoms with Crippen LogP contribution >= 0.6 is 0 Å². The molecule has 0 aliphatic carbocycles. The van der Waals surface area contributed by atoms with Crippen molar-refractivity contribution in [3.05, 3.63) is 30.3 Å². The molecular formula is C11H10O3. The van der Waals surface area contributed by atoms with Crippen LogP contribution in [0.25, 0.3) is 10.8 Å². The van der Waals surface area contributed by atoms with Gasteiger partial charge < -0.3 is 14.9 Å². The fraction of sp³-hybridized carbons (Fsp3) is 0.0909. The maximum atomic E-state index is 9.75. The molecule has 0 fully saturated rings. The number of rotatable bonds is 1. The van der Waals surface area contributed by atoms with Gasteiger partial charge in [0.2, 0.25) is 0 Å². The zero-order valence-electron chi connectivity index (χ0n) is 7.69. The first kappa shape index (κ1) is 8.69. The number of ether oxygens (including phenoxy) is 1. The fourth-order valence-corrected chi connectivity index (χ4v) is 1.49. The van der Waals surface area contributed by atoms with Gasteiger partial charge in [0.05, 0.1) is 12.5 Å². The highest BCUT2D eigenvalue weighted by atomic mass is 16.5. The van der Waals surface area contributed by atoms with E-state index in [1.807, 2.05) is 6.07 Å². The normalized spacial score (nSPS) is 10.4. The molecular weight excluding hydrogens is 180 g/mol. The molecule has 2 N–H and O–H groups in total. The maximum Gasteiger partial charge on any atom is 0.169 e. The van der Waals surface area contributed by atoms with E-state index in [0.717, 1.165) is 5.39 Å². The summed E-state index contributed by atoms with van der Waals surface area (Å²) in [5, 5.41) is 20.5. The summed E-state index contributed by atoms with van der Waals surface area (Å²) in [6, 6.07) is 8.52. The lowest BCUT2D eigenvalue weighted by Crippen LogP contribution is -1.84. The molecule has 0 radical (unpaired) electrons. The number of fused-ring (bicyclic) bond motifs is 1. The van der Waals surface area contributed by atoms with Gasteiger partial charge in [-0.25, -0.2) is 0 Å². The molecule has 0 atom stereocenters. The lowest BCUT2D eigenvalue weighted by atomic mass is 10.1. The summed E-state index contributed by atoms with van der Waals surface area (Å²) in [6.07, 6.45) is 0. The van der Waals surface area contributed by atoms with Crippen LogP contribution in [0, 0.1) is 0 Å². The lowest BCUT2D eigenvalue weighted by Gasteiger charge is -2.07. The van der Waals surface area contributed by atoms with Crippen molar-refractivity contribution in [2.24, 2.45) is 0 Å². The van der Waals surface area contributed by atoms with E-state index >= 15 is 0 Å². The van der Waals surface area contributed by atoms with Gasteiger partial charge in [-0.1, -0.05) is 18.2 Å². The Kier molecular flexibility index (Phi) is 1.93. The van der Waals surface area contributed by atoms with Gasteiger partial charge in [-0.15, -0.1) is 0 Å². The molecule has 2 rings (SSSR count). The minimum absolute atomic E-state index is 0.0249. The van der Waals surface area contributed by atoms with Crippen molar-refractivity contribution in [3.63, 3.8) is 0 Å². The largest absolute Gasteiger partial charge is 0.507 e. The van der Waals surface area contributed by atoms with E-state index in [4.69, 9.17) is 4.74 Å². The molecule has 0 bridgehead atoms. The molecule has 3 nitrogen and oxygen atoms in total. The van der Waals surface area contributed by atoms with Crippen LogP contribution in [0.2, 0.25) is 0 Å². The third-order valence-electron chi connectivity index (χ3n) is 2.18. The third-order valence-corrected chi connectivity index (χ3v) is 2.18. The number of hydrogen-bond acceptors (Lipinski definition) is 3. The van der Waals surface area contributed by atoms with Crippen LogP contribution in [0.5, 0.6) is 17.2 Å². The van der Waals surface area contributed by atoms with Crippen molar-refractivity contribution in [3.8, 4) is 17.2 Å². The summed E-state index contributed by atoms with van der Waals surface area (Å²) < 4.78 is 4.95. The Morgan fingerprint density at radius 2 is 1.86 bits per heavy atom. The Morgan fingerprint density at radius 3 is 2.57 bits per heavy atom. The van der Waals surface area contributed by atoms with Gasteiger partial charge in [0.1, 0.15) is 5.75 Å². The molecule has 3 heteroatoms. The topological polar surface area (TPSA) is 49.7 Å². The smallest absolute Gasteiger partial charge is 0.169 e. The van der Waals surface area contributed by atoms with Crippen molar-refractivity contribution in [2.45, 2.75) is 0 Å². The zero-order valence-corrected chi connectivity index (χ0v) is 7.69. The first-order valence-corrected chi connectivity index (χ1v) is 4.21. The number of phenolic OH excluding ortho intramolecular Hbond substituents is 2. The average molecular weight is 190 g/mol. The second kappa shape index (κ2) is 3.10. The molecule has 2 aromatic carbocycles. The number of phenols is 2. The van der Waals surface area contributed by atoms with Crippen LogP contribution in [0.15, 0.2) is 30.3 Å². The molecule has 2 aromatic rings. The van der Waals surface area contributed by atoms with Crippen LogP contribution in [0.1, 0.15) is 0 Å². The molecule has 0 unspecified atom stereocenters. The van der Waals surface area contributed by atoms with Crippen LogP contribution in [-0.2, 0) is 0 Å². The van der Waals surface area contributed by atoms with E-state index in [9.17, 15) is 10.2 Å². The van der Waals surface area contributed by atoms with Gasteiger partial charge in [0.25, 0.3) is 0 Å². The van der Waals surface area contributed by atoms with Gasteiger partial charge in [0.15, 0.2) is 11.5 Å². The van der Waals surface area contributed by atoms with Crippen molar-refractivity contribution in [1.82, 2.24) is 0 Å². The van der Waals surface area contributed by atoms with Crippen LogP contribution in [0.4, 0.5) is 0 Å². The van der Waals surface area contributed by atoms with Gasteiger partial charge in [-0.3, -0.25) is 0 Å². The average Bonchev–Trinajstić information content (AvgIpc) is 2.18. The molecule has 0 amide bonds. The van der Waals surface area contributed by atoms with Gasteiger partial charge in [-0.2, -0.15) is 0 Å². The Hall–Kier alpha value is -1.90. The molecule has 0 aliphatic heterocycles. The van der Waals surface area contributed by atoms with Gasteiger partial charge >= 0.3 is 0 Å². The molecule has 0 saturated heterocycles. The summed E-state index contributed by atoms with van der Waals surface area (Å²) in [7, 11) is 1.47. The summed E-state index contributed by atoms with van der Waals surface area (Å²) in [5.74, 6) is 0.390. The number of methoxy groups -OCH3 is 1. The second-order valence-corrected chi connectivity index (χ2v) is 2.99. The Bertz CT molecular complexity index is 477. The second-order valence-electron chi connectivity index (χ2n) is 2.99. The Morgan fingerprint density at radius 1 is 1.07 bits per heavy atom. The van der Waals surface area contributed by atoms with E-state index in [-0.39, 0.29) is 11.5 Å². The van der Waals surface area contributed by atoms with Gasteiger partial charge in [-0.05, 0) is 17.5 Å². The predicted octanol–water partition coefficient (Wildman–Crippen LogP) is 2.26. The Balaban J connectivity index is 2.86. The summed E-state index contributed by atoms with van der Waals surface area (Å²) in [6.45, 7) is 0. The molecule has 14 heavy (non-hydrogen) atoms. The van der Waals surface area contributed by atoms with Crippen LogP contribution in [0.3, 0.4) is 0 Å². The summed E-state index contributed by atoms with van der Waals surface area (Å²) in [5.41, 5.74) is 0. The molecule has 0 aliphatic rings. The minimum atomic E-state index is -0.0249. The van der Waals surface area contributed by atoms with Crippen molar-refractivity contribution < 1.29 is 14.9 Å². The SMILES string of the molecule is COc1ccc2cccc(O)c2c1O. The van der Waals surface area contributed by atoms with Crippen LogP contribution in [-0.4, -0.2) is 17.3 Å². The highest BCUT2D eigenvalue weighted by Gasteiger charge is 2.09. The summed E-state index contributed by atoms with van der Waals surface area (Å²) >= 11 is 0. The number of hydrogen-bond donors (Lipinski definition) is 2. The van der Waals surface area contributed by atoms with Crippen molar-refractivity contribution in [2.75, 3.05) is 7.11 Å². The van der Waals surface area contributed by atoms with Crippen molar-refractivity contribution in [1.29, 1.82) is 0 Å². The first-order chi connectivity index (χ1) is 6.74. The quantitative estimate of drug-likeness (QED) is 0.725. The van der Waals surface area contributed by atoms with Gasteiger partial charge in [0, 0.05) is 0 Å². The number of aromatic hydroxyl groups is 2. The van der Waals surface area contributed by atoms with E-state index in [1.54, 1.807) is 18.2 Å². The zero-order chi connectivity index (χ0) is 10.1. The monoisotopic (exact) mass is 190 g/mol. The Labute approximate surface area is 81.2 Å². The maximum absolute atomic E-state index is 9.75. The minimum Gasteiger partial charge on any atom is -0.507 e. The standard InChI is InChI=1S/C11H10O3/c1-14-9-6-5-7-3-2-4-8(12)10(7)11(9)13/h2-6,12-13H,1H3. The molecule has 0 aromatic heterocycles. The van der Waals surface area contributed by atoms with E-state index in [2.05, 4.69) is 0 Å². The highest BCUT2D eigenvalue weighted by molar-refractivity contribution is 5.95. The predicted molar refractivity (Wildman–Crippen MR) is 53.8 cm³/mol.